The van der Waals surface area contributed by atoms with Crippen molar-refractivity contribution in [1.29, 1.82) is 0 Å². The van der Waals surface area contributed by atoms with Gasteiger partial charge in [0.25, 0.3) is 13.4 Å². The molecule has 0 N–H and O–H groups in total. The highest BCUT2D eigenvalue weighted by Gasteiger charge is 2.56. The van der Waals surface area contributed by atoms with Crippen molar-refractivity contribution in [1.82, 2.24) is 13.7 Å². The van der Waals surface area contributed by atoms with E-state index in [1.165, 1.54) is 22.3 Å². The van der Waals surface area contributed by atoms with Gasteiger partial charge in [-0.1, -0.05) is 197 Å². The van der Waals surface area contributed by atoms with Crippen molar-refractivity contribution < 1.29 is 13.2 Å². The van der Waals surface area contributed by atoms with Crippen molar-refractivity contribution in [2.24, 2.45) is 0 Å². The SMILES string of the molecule is CC(C)(C)c1ccc2c3ccc(C(C)(C)C)c4c3n(c2c1)-c1c2c3c5c(c1C(F)(F)F)-n1c6cc(C(C)(C)C)ccc6c6ccc(C(C)(C)C)c(c61)B5c1c(C(C)(C)C)ccc5c6ccc(C(C)(C)C)c(c6n-3c15)B24. The van der Waals surface area contributed by atoms with Crippen LogP contribution in [0.2, 0.25) is 0 Å². The summed E-state index contributed by atoms with van der Waals surface area (Å²) in [6, 6.07) is 31.7. The highest BCUT2D eigenvalue weighted by molar-refractivity contribution is 7.05. The molecule has 0 spiro atoms. The minimum atomic E-state index is -4.80. The van der Waals surface area contributed by atoms with E-state index in [1.807, 2.05) is 0 Å². The zero-order valence-electron chi connectivity index (χ0n) is 47.2. The van der Waals surface area contributed by atoms with E-state index >= 15 is 13.2 Å². The molecule has 8 heteroatoms. The molecule has 10 aromatic rings. The van der Waals surface area contributed by atoms with Gasteiger partial charge in [-0.3, -0.25) is 0 Å². The summed E-state index contributed by atoms with van der Waals surface area (Å²) < 4.78 is 61.7. The Hall–Kier alpha value is -6.14. The van der Waals surface area contributed by atoms with Crippen LogP contribution < -0.4 is 32.8 Å². The normalized spacial score (nSPS) is 15.2. The fourth-order valence-corrected chi connectivity index (χ4v) is 15.1. The number of alkyl halides is 3. The summed E-state index contributed by atoms with van der Waals surface area (Å²) in [5, 5.41) is 6.26. The molecule has 0 saturated carbocycles. The molecule has 7 aromatic carbocycles. The summed E-state index contributed by atoms with van der Waals surface area (Å²) in [6.45, 7) is 39.6. The first-order valence-electron chi connectivity index (χ1n) is 27.4. The van der Waals surface area contributed by atoms with Crippen LogP contribution in [0.15, 0.2) is 84.9 Å². The molecule has 14 rings (SSSR count). The molecule has 0 aliphatic carbocycles. The van der Waals surface area contributed by atoms with Gasteiger partial charge in [0.2, 0.25) is 0 Å². The minimum absolute atomic E-state index is 0.260. The van der Waals surface area contributed by atoms with Gasteiger partial charge in [-0.15, -0.1) is 0 Å². The van der Waals surface area contributed by atoms with E-state index in [-0.39, 0.29) is 43.9 Å². The van der Waals surface area contributed by atoms with E-state index in [9.17, 15) is 0 Å². The third-order valence-electron chi connectivity index (χ3n) is 18.3. The van der Waals surface area contributed by atoms with Crippen molar-refractivity contribution in [3.05, 3.63) is 124 Å². The average molecular weight is 994 g/mol. The molecule has 7 heterocycles. The van der Waals surface area contributed by atoms with Gasteiger partial charge in [0, 0.05) is 60.1 Å². The van der Waals surface area contributed by atoms with E-state index in [2.05, 4.69) is 223 Å². The van der Waals surface area contributed by atoms with Crippen molar-refractivity contribution in [2.75, 3.05) is 0 Å². The molecule has 75 heavy (non-hydrogen) atoms. The maximum atomic E-state index is 18.3. The van der Waals surface area contributed by atoms with Crippen molar-refractivity contribution in [3.63, 3.8) is 0 Å². The number of benzene rings is 7. The molecule has 0 radical (unpaired) electrons. The Morgan fingerprint density at radius 3 is 0.867 bits per heavy atom. The van der Waals surface area contributed by atoms with Gasteiger partial charge in [-0.25, -0.2) is 0 Å². The molecule has 0 saturated heterocycles. The summed E-state index contributed by atoms with van der Waals surface area (Å²) >= 11 is 0. The van der Waals surface area contributed by atoms with Crippen LogP contribution in [0.5, 0.6) is 0 Å². The molecule has 0 atom stereocenters. The van der Waals surface area contributed by atoms with Crippen LogP contribution in [0.25, 0.3) is 82.5 Å². The number of hydrogen-bond acceptors (Lipinski definition) is 0. The number of rotatable bonds is 0. The zero-order valence-corrected chi connectivity index (χ0v) is 47.2. The van der Waals surface area contributed by atoms with Crippen LogP contribution in [0.3, 0.4) is 0 Å². The monoisotopic (exact) mass is 994 g/mol. The summed E-state index contributed by atoms with van der Waals surface area (Å²) in [4.78, 5) is 0. The number of fused-ring (bicyclic) bond motifs is 13. The van der Waals surface area contributed by atoms with Crippen LogP contribution in [0, 0.1) is 0 Å². The molecule has 3 nitrogen and oxygen atoms in total. The van der Waals surface area contributed by atoms with Gasteiger partial charge >= 0.3 is 6.18 Å². The summed E-state index contributed by atoms with van der Waals surface area (Å²) in [5.74, 6) is 0. The van der Waals surface area contributed by atoms with Crippen LogP contribution in [0.4, 0.5) is 13.2 Å². The summed E-state index contributed by atoms with van der Waals surface area (Å²) in [5.41, 5.74) is 17.7. The molecule has 0 amide bonds. The smallest absolute Gasteiger partial charge is 0.311 e. The van der Waals surface area contributed by atoms with Gasteiger partial charge in [-0.2, -0.15) is 13.2 Å². The average Bonchev–Trinajstić information content (AvgIpc) is 4.15. The van der Waals surface area contributed by atoms with E-state index in [1.54, 1.807) is 0 Å². The number of halogens is 3. The summed E-state index contributed by atoms with van der Waals surface area (Å²) in [6.07, 6.45) is -4.80. The molecule has 0 fully saturated rings. The first-order chi connectivity index (χ1) is 34.7. The fourth-order valence-electron chi connectivity index (χ4n) is 15.1. The summed E-state index contributed by atoms with van der Waals surface area (Å²) in [7, 11) is 0. The largest absolute Gasteiger partial charge is 0.420 e. The Morgan fingerprint density at radius 1 is 0.307 bits per heavy atom. The second kappa shape index (κ2) is 13.7. The molecule has 0 unspecified atom stereocenters. The van der Waals surface area contributed by atoms with Gasteiger partial charge < -0.3 is 13.7 Å². The Kier molecular flexibility index (Phi) is 8.64. The van der Waals surface area contributed by atoms with Gasteiger partial charge in [0.15, 0.2) is 0 Å². The zero-order chi connectivity index (χ0) is 53.5. The second-order valence-electron chi connectivity index (χ2n) is 29.3. The highest BCUT2D eigenvalue weighted by Crippen LogP contribution is 2.52. The van der Waals surface area contributed by atoms with Crippen molar-refractivity contribution in [3.8, 4) is 17.1 Å². The molecule has 378 valence electrons. The molecule has 4 aliphatic heterocycles. The fraction of sp³-hybridized carbons (Fsp3) is 0.373. The second-order valence-corrected chi connectivity index (χ2v) is 29.3. The van der Waals surface area contributed by atoms with Crippen LogP contribution in [0.1, 0.15) is 164 Å². The molecule has 0 bridgehead atoms. The standard InChI is InChI=1S/C67H68B2F3N3/c1-61(2,3)33-19-21-35-37-23-27-41(63(7,8)9)48-54(37)73(45(35)31-33)58-47(67(70,71)72)59-53-60-52(58)68(48)50-43(65(13,14)15)29-25-39-40-26-30-44(66(16,17)18)51(57(40)75(60)56(39)50)69(53)49-42(64(10,11)12)28-24-38-36-22-20-34(62(4,5)6)32-46(36)74(59)55(38)49/h19-32H,1-18H3. The first-order valence-corrected chi connectivity index (χ1v) is 27.4. The lowest BCUT2D eigenvalue weighted by atomic mass is 9.28. The van der Waals surface area contributed by atoms with Crippen molar-refractivity contribution in [2.45, 2.75) is 163 Å². The Balaban J connectivity index is 1.38. The quantitative estimate of drug-likeness (QED) is 0.135. The van der Waals surface area contributed by atoms with Gasteiger partial charge in [0.1, 0.15) is 5.56 Å². The third kappa shape index (κ3) is 5.77. The third-order valence-corrected chi connectivity index (χ3v) is 18.3. The lowest BCUT2D eigenvalue weighted by Crippen LogP contribution is -2.69. The molecular weight excluding hydrogens is 925 g/mol. The number of aromatic nitrogens is 3. The topological polar surface area (TPSA) is 14.8 Å². The lowest BCUT2D eigenvalue weighted by molar-refractivity contribution is -0.137. The minimum Gasteiger partial charge on any atom is -0.311 e. The van der Waals surface area contributed by atoms with E-state index in [0.29, 0.717) is 0 Å². The van der Waals surface area contributed by atoms with Crippen molar-refractivity contribution >= 4 is 112 Å². The molecule has 3 aromatic heterocycles. The molecule has 4 aliphatic rings. The highest BCUT2D eigenvalue weighted by atomic mass is 19.4. The first kappa shape index (κ1) is 47.3. The predicted molar refractivity (Wildman–Crippen MR) is 316 cm³/mol. The molecular formula is C67H68B2F3N3. The maximum absolute atomic E-state index is 18.3. The van der Waals surface area contributed by atoms with Gasteiger partial charge in [-0.05, 0) is 111 Å². The van der Waals surface area contributed by atoms with E-state index < -0.39 is 25.2 Å². The predicted octanol–water partition coefficient (Wildman–Crippen LogP) is 14.1. The maximum Gasteiger partial charge on any atom is 0.420 e. The Bertz CT molecular complexity index is 4070. The number of hydrogen-bond donors (Lipinski definition) is 0. The van der Waals surface area contributed by atoms with Crippen LogP contribution in [-0.2, 0) is 38.7 Å². The Morgan fingerprint density at radius 2 is 0.587 bits per heavy atom. The lowest BCUT2D eigenvalue weighted by Gasteiger charge is -2.46. The van der Waals surface area contributed by atoms with Gasteiger partial charge in [0.05, 0.1) is 22.4 Å². The number of nitrogens with zero attached hydrogens (tertiary/aromatic N) is 3. The van der Waals surface area contributed by atoms with E-state index in [4.69, 9.17) is 0 Å². The van der Waals surface area contributed by atoms with E-state index in [0.717, 1.165) is 115 Å². The van der Waals surface area contributed by atoms with Crippen LogP contribution in [-0.4, -0.2) is 27.1 Å². The van der Waals surface area contributed by atoms with Crippen LogP contribution >= 0.6 is 0 Å². The Labute approximate surface area is 440 Å².